The predicted octanol–water partition coefficient (Wildman–Crippen LogP) is 4.38. The van der Waals surface area contributed by atoms with Crippen LogP contribution in [0.3, 0.4) is 0 Å². The first-order valence-electron chi connectivity index (χ1n) is 8.96. The summed E-state index contributed by atoms with van der Waals surface area (Å²) in [6, 6.07) is 9.09. The van der Waals surface area contributed by atoms with Crippen LogP contribution in [0, 0.1) is 0 Å². The lowest BCUT2D eigenvalue weighted by molar-refractivity contribution is -0.136. The summed E-state index contributed by atoms with van der Waals surface area (Å²) in [5, 5.41) is 6.25. The molecule has 158 valence electrons. The van der Waals surface area contributed by atoms with Crippen LogP contribution in [0.15, 0.2) is 47.7 Å². The molecule has 1 aliphatic heterocycles. The van der Waals surface area contributed by atoms with Crippen molar-refractivity contribution in [2.24, 2.45) is 0 Å². The molecule has 1 unspecified atom stereocenters. The Kier molecular flexibility index (Phi) is 6.74. The Morgan fingerprint density at radius 1 is 1.10 bits per heavy atom. The largest absolute Gasteiger partial charge is 0.493 e. The first kappa shape index (κ1) is 21.8. The highest BCUT2D eigenvalue weighted by atomic mass is 35.5. The summed E-state index contributed by atoms with van der Waals surface area (Å²) in [6.45, 7) is 1.68. The van der Waals surface area contributed by atoms with E-state index in [4.69, 9.17) is 37.4 Å². The van der Waals surface area contributed by atoms with Crippen molar-refractivity contribution >= 4 is 35.2 Å². The quantitative estimate of drug-likeness (QED) is 0.637. The van der Waals surface area contributed by atoms with E-state index >= 15 is 0 Å². The molecule has 1 heterocycles. The summed E-state index contributed by atoms with van der Waals surface area (Å²) in [5.74, 6) is 0.190. The summed E-state index contributed by atoms with van der Waals surface area (Å²) in [5.41, 5.74) is 1.77. The third kappa shape index (κ3) is 4.32. The van der Waals surface area contributed by atoms with Gasteiger partial charge in [-0.15, -0.1) is 0 Å². The lowest BCUT2D eigenvalue weighted by atomic mass is 9.94. The highest BCUT2D eigenvalue weighted by molar-refractivity contribution is 6.35. The van der Waals surface area contributed by atoms with Gasteiger partial charge >= 0.3 is 12.0 Å². The van der Waals surface area contributed by atoms with Crippen molar-refractivity contribution in [1.29, 1.82) is 0 Å². The van der Waals surface area contributed by atoms with E-state index in [0.29, 0.717) is 38.4 Å². The molecule has 1 atom stereocenters. The van der Waals surface area contributed by atoms with E-state index in [2.05, 4.69) is 10.6 Å². The Balaban J connectivity index is 2.06. The molecule has 0 radical (unpaired) electrons. The number of para-hydroxylation sites is 1. The van der Waals surface area contributed by atoms with E-state index in [1.165, 1.54) is 14.2 Å². The molecule has 0 fully saturated rings. The van der Waals surface area contributed by atoms with Crippen molar-refractivity contribution in [3.05, 3.63) is 68.8 Å². The maximum Gasteiger partial charge on any atom is 0.337 e. The molecule has 0 spiro atoms. The Morgan fingerprint density at radius 2 is 1.77 bits per heavy atom. The number of amides is 2. The zero-order valence-corrected chi connectivity index (χ0v) is 18.1. The third-order valence-corrected chi connectivity index (χ3v) is 5.35. The molecule has 1 aliphatic rings. The Hall–Kier alpha value is -2.90. The maximum atomic E-state index is 12.4. The van der Waals surface area contributed by atoms with Gasteiger partial charge in [0, 0.05) is 26.9 Å². The second-order valence-electron chi connectivity index (χ2n) is 6.43. The van der Waals surface area contributed by atoms with Crippen LogP contribution in [-0.2, 0) is 16.1 Å². The number of ether oxygens (including phenoxy) is 3. The number of halogens is 2. The molecule has 7 nitrogen and oxygen atoms in total. The van der Waals surface area contributed by atoms with Crippen molar-refractivity contribution in [2.75, 3.05) is 14.2 Å². The molecule has 0 aliphatic carbocycles. The standard InChI is InChI=1S/C21H20Cl2N2O5/c1-11-17(20(26)29-3)18(25-21(27)24-11)12-6-4-9-16(28-2)19(12)30-10-13-14(22)7-5-8-15(13)23/h4-9,18H,10H2,1-3H3,(H2,24,25,27). The molecular weight excluding hydrogens is 431 g/mol. The van der Waals surface area contributed by atoms with Crippen molar-refractivity contribution in [3.8, 4) is 11.5 Å². The van der Waals surface area contributed by atoms with E-state index in [1.54, 1.807) is 43.3 Å². The third-order valence-electron chi connectivity index (χ3n) is 4.64. The van der Waals surface area contributed by atoms with E-state index < -0.39 is 18.0 Å². The highest BCUT2D eigenvalue weighted by Crippen LogP contribution is 2.40. The number of carbonyl (C=O) groups is 2. The number of esters is 1. The second kappa shape index (κ2) is 9.28. The summed E-state index contributed by atoms with van der Waals surface area (Å²) >= 11 is 12.5. The van der Waals surface area contributed by atoms with E-state index in [9.17, 15) is 9.59 Å². The van der Waals surface area contributed by atoms with Gasteiger partial charge in [-0.1, -0.05) is 41.4 Å². The molecular formula is C21H20Cl2N2O5. The minimum absolute atomic E-state index is 0.0566. The van der Waals surface area contributed by atoms with Gasteiger partial charge in [-0.3, -0.25) is 0 Å². The van der Waals surface area contributed by atoms with Gasteiger partial charge < -0.3 is 24.8 Å². The molecule has 0 saturated carbocycles. The lowest BCUT2D eigenvalue weighted by Crippen LogP contribution is -2.45. The number of carbonyl (C=O) groups excluding carboxylic acids is 2. The zero-order chi connectivity index (χ0) is 21.8. The monoisotopic (exact) mass is 450 g/mol. The average Bonchev–Trinajstić information content (AvgIpc) is 2.72. The Morgan fingerprint density at radius 3 is 2.40 bits per heavy atom. The van der Waals surface area contributed by atoms with Crippen molar-refractivity contribution < 1.29 is 23.8 Å². The number of rotatable bonds is 6. The number of hydrogen-bond acceptors (Lipinski definition) is 5. The average molecular weight is 451 g/mol. The number of allylic oxidation sites excluding steroid dienone is 1. The van der Waals surface area contributed by atoms with Gasteiger partial charge in [0.2, 0.25) is 0 Å². The summed E-state index contributed by atoms with van der Waals surface area (Å²) < 4.78 is 16.4. The molecule has 2 amide bonds. The number of benzene rings is 2. The fourth-order valence-corrected chi connectivity index (χ4v) is 3.70. The smallest absolute Gasteiger partial charge is 0.337 e. The van der Waals surface area contributed by atoms with Crippen LogP contribution in [0.4, 0.5) is 4.79 Å². The van der Waals surface area contributed by atoms with Crippen molar-refractivity contribution in [3.63, 3.8) is 0 Å². The van der Waals surface area contributed by atoms with Crippen LogP contribution in [0.1, 0.15) is 24.1 Å². The van der Waals surface area contributed by atoms with Crippen molar-refractivity contribution in [2.45, 2.75) is 19.6 Å². The first-order chi connectivity index (χ1) is 14.4. The molecule has 2 N–H and O–H groups in total. The van der Waals surface area contributed by atoms with Crippen LogP contribution in [0.5, 0.6) is 11.5 Å². The number of hydrogen-bond donors (Lipinski definition) is 2. The second-order valence-corrected chi connectivity index (χ2v) is 7.24. The maximum absolute atomic E-state index is 12.4. The van der Waals surface area contributed by atoms with Gasteiger partial charge in [-0.05, 0) is 25.1 Å². The van der Waals surface area contributed by atoms with Crippen LogP contribution in [-0.4, -0.2) is 26.2 Å². The SMILES string of the molecule is COC(=O)C1=C(C)NC(=O)NC1c1cccc(OC)c1OCc1c(Cl)cccc1Cl. The van der Waals surface area contributed by atoms with Gasteiger partial charge in [-0.25, -0.2) is 9.59 Å². The zero-order valence-electron chi connectivity index (χ0n) is 16.5. The van der Waals surface area contributed by atoms with E-state index in [-0.39, 0.29) is 12.2 Å². The molecule has 30 heavy (non-hydrogen) atoms. The topological polar surface area (TPSA) is 85.9 Å². The Bertz CT molecular complexity index is 1000. The predicted molar refractivity (Wildman–Crippen MR) is 113 cm³/mol. The van der Waals surface area contributed by atoms with Gasteiger partial charge in [0.1, 0.15) is 6.61 Å². The van der Waals surface area contributed by atoms with Crippen LogP contribution in [0.2, 0.25) is 10.0 Å². The number of nitrogens with one attached hydrogen (secondary N) is 2. The minimum Gasteiger partial charge on any atom is -0.493 e. The molecule has 3 rings (SSSR count). The molecule has 0 bridgehead atoms. The van der Waals surface area contributed by atoms with Gasteiger partial charge in [0.25, 0.3) is 0 Å². The van der Waals surface area contributed by atoms with Crippen LogP contribution >= 0.6 is 23.2 Å². The van der Waals surface area contributed by atoms with Gasteiger partial charge in [0.15, 0.2) is 11.5 Å². The van der Waals surface area contributed by atoms with Crippen LogP contribution < -0.4 is 20.1 Å². The van der Waals surface area contributed by atoms with Gasteiger partial charge in [-0.2, -0.15) is 0 Å². The van der Waals surface area contributed by atoms with E-state index in [0.717, 1.165) is 0 Å². The summed E-state index contributed by atoms with van der Waals surface area (Å²) in [6.07, 6.45) is 0. The first-order valence-corrected chi connectivity index (χ1v) is 9.72. The molecule has 2 aromatic carbocycles. The lowest BCUT2D eigenvalue weighted by Gasteiger charge is -2.29. The van der Waals surface area contributed by atoms with E-state index in [1.807, 2.05) is 0 Å². The molecule has 9 heteroatoms. The Labute approximate surface area is 183 Å². The fraction of sp³-hybridized carbons (Fsp3) is 0.238. The fourth-order valence-electron chi connectivity index (χ4n) is 3.20. The highest BCUT2D eigenvalue weighted by Gasteiger charge is 2.34. The normalized spacial score (nSPS) is 15.9. The van der Waals surface area contributed by atoms with Crippen molar-refractivity contribution in [1.82, 2.24) is 10.6 Å². The van der Waals surface area contributed by atoms with Crippen LogP contribution in [0.25, 0.3) is 0 Å². The summed E-state index contributed by atoms with van der Waals surface area (Å²) in [4.78, 5) is 24.6. The van der Waals surface area contributed by atoms with Gasteiger partial charge in [0.05, 0.1) is 25.8 Å². The number of urea groups is 1. The molecule has 0 saturated heterocycles. The summed E-state index contributed by atoms with van der Waals surface area (Å²) in [7, 11) is 2.77. The molecule has 2 aromatic rings. The number of methoxy groups -OCH3 is 2. The minimum atomic E-state index is -0.807. The molecule has 0 aromatic heterocycles.